The summed E-state index contributed by atoms with van der Waals surface area (Å²) in [7, 11) is -4.37. The van der Waals surface area contributed by atoms with Gasteiger partial charge in [-0.1, -0.05) is 24.3 Å². The first-order valence-electron chi connectivity index (χ1n) is 12.0. The maximum atomic E-state index is 11.5. The summed E-state index contributed by atoms with van der Waals surface area (Å²) in [6, 6.07) is 18.6. The quantitative estimate of drug-likeness (QED) is 0.226. The van der Waals surface area contributed by atoms with Crippen molar-refractivity contribution in [3.8, 4) is 5.75 Å². The molecule has 1 fully saturated rings. The molecule has 1 heterocycles. The molecule has 0 spiro atoms. The Morgan fingerprint density at radius 1 is 1.03 bits per heavy atom. The molecular weight excluding hydrogens is 508 g/mol. The summed E-state index contributed by atoms with van der Waals surface area (Å²) < 4.78 is 31.8. The lowest BCUT2D eigenvalue weighted by molar-refractivity contribution is 0.130. The van der Waals surface area contributed by atoms with Crippen LogP contribution in [0.5, 0.6) is 5.75 Å². The average molecular weight is 539 g/mol. The van der Waals surface area contributed by atoms with E-state index >= 15 is 0 Å². The monoisotopic (exact) mass is 538 g/mol. The minimum absolute atomic E-state index is 0.0417. The molecule has 6 N–H and O–H groups in total. The number of carbonyl (C=O) groups is 1. The molecule has 3 aromatic carbocycles. The van der Waals surface area contributed by atoms with E-state index in [1.54, 1.807) is 13.0 Å². The molecule has 11 nitrogen and oxygen atoms in total. The lowest BCUT2D eigenvalue weighted by atomic mass is 10.0. The van der Waals surface area contributed by atoms with Gasteiger partial charge in [-0.15, -0.1) is 0 Å². The zero-order valence-electron chi connectivity index (χ0n) is 20.9. The van der Waals surface area contributed by atoms with Gasteiger partial charge >= 0.3 is 16.4 Å². The predicted octanol–water partition coefficient (Wildman–Crippen LogP) is 3.55. The Hall–Kier alpha value is -4.16. The van der Waals surface area contributed by atoms with Crippen LogP contribution in [0.3, 0.4) is 0 Å². The summed E-state index contributed by atoms with van der Waals surface area (Å²) in [4.78, 5) is 13.6. The Balaban J connectivity index is 1.34. The molecule has 0 unspecified atom stereocenters. The molecule has 38 heavy (non-hydrogen) atoms. The molecule has 12 heteroatoms. The second-order valence-electron chi connectivity index (χ2n) is 9.03. The standard InChI is InChI=1S/C26H30N6O5S/c1-17(27)32-12-10-24(11-13-32)36-23-8-6-22(7-9-23)31-25(28)20-5-4-19-3-2-18(14-21(19)15-20)16-30-26(33)37-38(29,34)35/h2-9,14-15,24,27H,10-13,16H2,1H3,(H2,28,31)(H,30,33)(H2,29,34,35). The van der Waals surface area contributed by atoms with E-state index in [9.17, 15) is 13.2 Å². The SMILES string of the molecule is CC(=N)N1CCC(Oc2ccc(NC(=N)c3ccc4ccc(CNC(=O)OS(N)(=O)=O)cc4c3)cc2)CC1. The number of fused-ring (bicyclic) bond motifs is 1. The summed E-state index contributed by atoms with van der Waals surface area (Å²) >= 11 is 0. The van der Waals surface area contributed by atoms with Gasteiger partial charge in [0.25, 0.3) is 0 Å². The fourth-order valence-electron chi connectivity index (χ4n) is 4.21. The van der Waals surface area contributed by atoms with Crippen molar-refractivity contribution in [2.45, 2.75) is 32.4 Å². The average Bonchev–Trinajstić information content (AvgIpc) is 2.87. The zero-order valence-corrected chi connectivity index (χ0v) is 21.7. The molecule has 0 radical (unpaired) electrons. The Kier molecular flexibility index (Phi) is 8.13. The first kappa shape index (κ1) is 26.9. The van der Waals surface area contributed by atoms with E-state index in [0.29, 0.717) is 11.4 Å². The molecule has 1 amide bonds. The summed E-state index contributed by atoms with van der Waals surface area (Å²) in [6.45, 7) is 3.50. The summed E-state index contributed by atoms with van der Waals surface area (Å²) in [5.74, 6) is 1.58. The highest BCUT2D eigenvalue weighted by Gasteiger charge is 2.20. The van der Waals surface area contributed by atoms with E-state index in [-0.39, 0.29) is 18.5 Å². The second kappa shape index (κ2) is 11.5. The number of piperidine rings is 1. The molecular formula is C26H30N6O5S. The van der Waals surface area contributed by atoms with Crippen molar-refractivity contribution in [1.29, 1.82) is 10.8 Å². The van der Waals surface area contributed by atoms with E-state index in [1.165, 1.54) is 0 Å². The number of hydrogen-bond acceptors (Lipinski definition) is 7. The van der Waals surface area contributed by atoms with Crippen molar-refractivity contribution in [2.75, 3.05) is 18.4 Å². The van der Waals surface area contributed by atoms with Crippen LogP contribution >= 0.6 is 0 Å². The van der Waals surface area contributed by atoms with Crippen LogP contribution in [0.1, 0.15) is 30.9 Å². The third-order valence-electron chi connectivity index (χ3n) is 6.16. The Labute approximate surface area is 221 Å². The van der Waals surface area contributed by atoms with E-state index in [1.807, 2.05) is 54.6 Å². The van der Waals surface area contributed by atoms with Crippen molar-refractivity contribution in [3.05, 3.63) is 71.8 Å². The molecule has 1 aliphatic rings. The number of benzene rings is 3. The molecule has 0 aliphatic carbocycles. The zero-order chi connectivity index (χ0) is 27.3. The maximum Gasteiger partial charge on any atom is 0.423 e. The van der Waals surface area contributed by atoms with Crippen LogP contribution in [-0.4, -0.2) is 50.3 Å². The molecule has 0 saturated carbocycles. The lowest BCUT2D eigenvalue weighted by Crippen LogP contribution is -2.40. The first-order chi connectivity index (χ1) is 18.1. The molecule has 1 aliphatic heterocycles. The number of amides is 1. The van der Waals surface area contributed by atoms with Crippen molar-refractivity contribution in [3.63, 3.8) is 0 Å². The van der Waals surface area contributed by atoms with Crippen molar-refractivity contribution < 1.29 is 22.1 Å². The molecule has 1 saturated heterocycles. The summed E-state index contributed by atoms with van der Waals surface area (Å²) in [5.41, 5.74) is 2.14. The van der Waals surface area contributed by atoms with Gasteiger partial charge in [-0.25, -0.2) is 4.79 Å². The number of likely N-dealkylation sites (tertiary alicyclic amines) is 1. The molecule has 3 aromatic rings. The minimum Gasteiger partial charge on any atom is -0.490 e. The first-order valence-corrected chi connectivity index (χ1v) is 13.5. The number of hydrogen-bond donors (Lipinski definition) is 5. The predicted molar refractivity (Wildman–Crippen MR) is 146 cm³/mol. The van der Waals surface area contributed by atoms with Crippen molar-refractivity contribution >= 4 is 44.5 Å². The summed E-state index contributed by atoms with van der Waals surface area (Å²) in [6.07, 6.45) is 0.715. The van der Waals surface area contributed by atoms with Crippen LogP contribution in [0.4, 0.5) is 10.5 Å². The number of anilines is 1. The third-order valence-corrected chi connectivity index (χ3v) is 6.55. The van der Waals surface area contributed by atoms with Gasteiger partial charge < -0.3 is 24.5 Å². The number of ether oxygens (including phenoxy) is 1. The van der Waals surface area contributed by atoms with Gasteiger partial charge in [-0.05, 0) is 59.7 Å². The van der Waals surface area contributed by atoms with Crippen molar-refractivity contribution in [2.24, 2.45) is 5.14 Å². The van der Waals surface area contributed by atoms with Crippen LogP contribution in [-0.2, 0) is 21.0 Å². The Morgan fingerprint density at radius 3 is 2.37 bits per heavy atom. The number of nitrogens with zero attached hydrogens (tertiary/aromatic N) is 1. The topological polar surface area (TPSA) is 171 Å². The van der Waals surface area contributed by atoms with Gasteiger partial charge in [0, 0.05) is 43.7 Å². The van der Waals surface area contributed by atoms with Gasteiger partial charge in [0.15, 0.2) is 0 Å². The molecule has 200 valence electrons. The van der Waals surface area contributed by atoms with Crippen LogP contribution in [0, 0.1) is 10.8 Å². The minimum atomic E-state index is -4.37. The molecule has 0 aromatic heterocycles. The van der Waals surface area contributed by atoms with Crippen LogP contribution in [0.2, 0.25) is 0 Å². The van der Waals surface area contributed by atoms with E-state index < -0.39 is 16.4 Å². The molecule has 4 rings (SSSR count). The van der Waals surface area contributed by atoms with E-state index in [4.69, 9.17) is 15.6 Å². The van der Waals surface area contributed by atoms with Crippen LogP contribution in [0.25, 0.3) is 10.8 Å². The maximum absolute atomic E-state index is 11.5. The van der Waals surface area contributed by atoms with Crippen LogP contribution < -0.4 is 20.5 Å². The highest BCUT2D eigenvalue weighted by atomic mass is 32.2. The van der Waals surface area contributed by atoms with Gasteiger partial charge in [-0.3, -0.25) is 10.8 Å². The molecule has 0 atom stereocenters. The highest BCUT2D eigenvalue weighted by molar-refractivity contribution is 7.84. The highest BCUT2D eigenvalue weighted by Crippen LogP contribution is 2.23. The number of amidine groups is 2. The normalized spacial score (nSPS) is 14.1. The Morgan fingerprint density at radius 2 is 1.71 bits per heavy atom. The lowest BCUT2D eigenvalue weighted by Gasteiger charge is -2.32. The fourth-order valence-corrected chi connectivity index (χ4v) is 4.48. The molecule has 0 bridgehead atoms. The van der Waals surface area contributed by atoms with E-state index in [0.717, 1.165) is 53.7 Å². The second-order valence-corrected chi connectivity index (χ2v) is 10.2. The Bertz CT molecular complexity index is 1450. The number of rotatable bonds is 7. The van der Waals surface area contributed by atoms with Gasteiger partial charge in [-0.2, -0.15) is 13.6 Å². The van der Waals surface area contributed by atoms with Crippen LogP contribution in [0.15, 0.2) is 60.7 Å². The number of nitrogens with one attached hydrogen (secondary N) is 4. The van der Waals surface area contributed by atoms with E-state index in [2.05, 4.69) is 24.9 Å². The fraction of sp³-hybridized carbons (Fsp3) is 0.269. The van der Waals surface area contributed by atoms with Crippen molar-refractivity contribution in [1.82, 2.24) is 10.2 Å². The number of nitrogens with two attached hydrogens (primary N) is 1. The largest absolute Gasteiger partial charge is 0.490 e. The van der Waals surface area contributed by atoms with Gasteiger partial charge in [0.2, 0.25) is 0 Å². The smallest absolute Gasteiger partial charge is 0.423 e. The third kappa shape index (κ3) is 7.43. The van der Waals surface area contributed by atoms with Gasteiger partial charge in [0.05, 0.1) is 5.84 Å². The number of carbonyl (C=O) groups excluding carboxylic acids is 1. The van der Waals surface area contributed by atoms with Gasteiger partial charge in [0.1, 0.15) is 17.7 Å². The summed E-state index contributed by atoms with van der Waals surface area (Å²) in [5, 5.41) is 28.2.